The Morgan fingerprint density at radius 3 is 2.57 bits per heavy atom. The minimum Gasteiger partial charge on any atom is -0.444 e. The fourth-order valence-electron chi connectivity index (χ4n) is 3.28. The number of alkyl carbamates (subject to hydrolysis) is 1. The summed E-state index contributed by atoms with van der Waals surface area (Å²) < 4.78 is 47.7. The largest absolute Gasteiger partial charge is 0.444 e. The van der Waals surface area contributed by atoms with Gasteiger partial charge in [-0.1, -0.05) is 12.1 Å². The number of thiophene rings is 1. The van der Waals surface area contributed by atoms with Crippen LogP contribution in [0.15, 0.2) is 35.8 Å². The number of hydrogen-bond donors (Lipinski definition) is 1. The van der Waals surface area contributed by atoms with Crippen LogP contribution in [0.4, 0.5) is 23.8 Å². The first-order chi connectivity index (χ1) is 14.0. The molecular formula is C20H22F3N3O3S. The first-order valence-electron chi connectivity index (χ1n) is 9.32. The van der Waals surface area contributed by atoms with Crippen LogP contribution in [0, 0.1) is 5.92 Å². The van der Waals surface area contributed by atoms with Gasteiger partial charge in [0.15, 0.2) is 5.92 Å². The number of carbonyl (C=O) groups excluding carboxylic acids is 2. The van der Waals surface area contributed by atoms with Crippen LogP contribution in [0.1, 0.15) is 37.3 Å². The fourth-order valence-corrected chi connectivity index (χ4v) is 4.10. The van der Waals surface area contributed by atoms with E-state index < -0.39 is 35.7 Å². The van der Waals surface area contributed by atoms with Crippen molar-refractivity contribution in [1.82, 2.24) is 10.3 Å². The number of halogens is 3. The van der Waals surface area contributed by atoms with Gasteiger partial charge in [0.25, 0.3) is 0 Å². The van der Waals surface area contributed by atoms with Crippen LogP contribution in [0.2, 0.25) is 0 Å². The second-order valence-electron chi connectivity index (χ2n) is 7.88. The summed E-state index contributed by atoms with van der Waals surface area (Å²) in [6.07, 6.45) is -4.08. The number of rotatable bonds is 4. The summed E-state index contributed by atoms with van der Waals surface area (Å²) in [7, 11) is 0. The van der Waals surface area contributed by atoms with Crippen molar-refractivity contribution in [2.45, 2.75) is 45.0 Å². The third kappa shape index (κ3) is 4.92. The van der Waals surface area contributed by atoms with Gasteiger partial charge in [0.1, 0.15) is 11.4 Å². The fraction of sp³-hybridized carbons (Fsp3) is 0.450. The van der Waals surface area contributed by atoms with Crippen LogP contribution < -0.4 is 10.2 Å². The van der Waals surface area contributed by atoms with Crippen LogP contribution in [0.3, 0.4) is 0 Å². The van der Waals surface area contributed by atoms with Crippen LogP contribution >= 0.6 is 11.3 Å². The molecule has 1 N–H and O–H groups in total. The van der Waals surface area contributed by atoms with Crippen molar-refractivity contribution >= 4 is 29.2 Å². The molecule has 0 aromatic carbocycles. The molecule has 2 aromatic rings. The van der Waals surface area contributed by atoms with Crippen molar-refractivity contribution in [3.63, 3.8) is 0 Å². The lowest BCUT2D eigenvalue weighted by Crippen LogP contribution is -2.50. The highest BCUT2D eigenvalue weighted by Gasteiger charge is 2.53. The summed E-state index contributed by atoms with van der Waals surface area (Å²) in [5.41, 5.74) is -0.195. The van der Waals surface area contributed by atoms with Crippen LogP contribution in [-0.4, -0.2) is 35.3 Å². The van der Waals surface area contributed by atoms with Gasteiger partial charge in [-0.05, 0) is 50.3 Å². The topological polar surface area (TPSA) is 71.5 Å². The SMILES string of the molecule is CC(C)(C)OC(=O)NC(c1cccs1)C(C(=O)N1CCc2cccnc21)C(F)(F)F. The van der Waals surface area contributed by atoms with E-state index in [0.717, 1.165) is 16.2 Å². The van der Waals surface area contributed by atoms with Gasteiger partial charge in [-0.15, -0.1) is 11.3 Å². The monoisotopic (exact) mass is 441 g/mol. The number of ether oxygens (including phenoxy) is 1. The highest BCUT2D eigenvalue weighted by molar-refractivity contribution is 7.10. The van der Waals surface area contributed by atoms with Crippen molar-refractivity contribution in [3.8, 4) is 0 Å². The normalized spacial score (nSPS) is 16.0. The molecule has 2 amide bonds. The average molecular weight is 441 g/mol. The number of anilines is 1. The number of amides is 2. The Kier molecular flexibility index (Phi) is 6.07. The molecule has 6 nitrogen and oxygen atoms in total. The molecule has 2 atom stereocenters. The molecule has 0 aliphatic carbocycles. The minimum atomic E-state index is -4.90. The van der Waals surface area contributed by atoms with E-state index in [0.29, 0.717) is 12.0 Å². The Labute approximate surface area is 176 Å². The average Bonchev–Trinajstić information content (AvgIpc) is 3.28. The number of nitrogens with zero attached hydrogens (tertiary/aromatic N) is 2. The summed E-state index contributed by atoms with van der Waals surface area (Å²) in [5, 5.41) is 3.86. The molecule has 0 saturated heterocycles. The quantitative estimate of drug-likeness (QED) is 0.760. The zero-order valence-corrected chi connectivity index (χ0v) is 17.5. The first-order valence-corrected chi connectivity index (χ1v) is 10.2. The predicted molar refractivity (Wildman–Crippen MR) is 106 cm³/mol. The third-order valence-electron chi connectivity index (χ3n) is 4.47. The van der Waals surface area contributed by atoms with Crippen molar-refractivity contribution < 1.29 is 27.5 Å². The molecule has 0 saturated carbocycles. The van der Waals surface area contributed by atoms with Crippen molar-refractivity contribution in [3.05, 3.63) is 46.3 Å². The van der Waals surface area contributed by atoms with Gasteiger partial charge >= 0.3 is 12.3 Å². The molecular weight excluding hydrogens is 419 g/mol. The van der Waals surface area contributed by atoms with Crippen LogP contribution in [-0.2, 0) is 16.0 Å². The molecule has 3 heterocycles. The number of aromatic nitrogens is 1. The summed E-state index contributed by atoms with van der Waals surface area (Å²) >= 11 is 1.02. The van der Waals surface area contributed by atoms with Crippen LogP contribution in [0.5, 0.6) is 0 Å². The van der Waals surface area contributed by atoms with Gasteiger partial charge in [-0.3, -0.25) is 9.69 Å². The highest BCUT2D eigenvalue weighted by Crippen LogP contribution is 2.41. The summed E-state index contributed by atoms with van der Waals surface area (Å²) in [5.74, 6) is -3.43. The molecule has 1 aliphatic rings. The van der Waals surface area contributed by atoms with E-state index in [1.54, 1.807) is 44.4 Å². The van der Waals surface area contributed by atoms with Gasteiger partial charge in [-0.2, -0.15) is 13.2 Å². The van der Waals surface area contributed by atoms with Crippen molar-refractivity contribution in [2.75, 3.05) is 11.4 Å². The molecule has 0 bridgehead atoms. The molecule has 2 unspecified atom stereocenters. The summed E-state index contributed by atoms with van der Waals surface area (Å²) in [4.78, 5) is 30.8. The molecule has 2 aromatic heterocycles. The molecule has 3 rings (SSSR count). The van der Waals surface area contributed by atoms with E-state index in [-0.39, 0.29) is 17.2 Å². The number of nitrogens with one attached hydrogen (secondary N) is 1. The Bertz CT molecular complexity index is 910. The van der Waals surface area contributed by atoms with E-state index in [4.69, 9.17) is 4.74 Å². The summed E-state index contributed by atoms with van der Waals surface area (Å²) in [6, 6.07) is 4.80. The van der Waals surface area contributed by atoms with Crippen molar-refractivity contribution in [2.24, 2.45) is 5.92 Å². The Morgan fingerprint density at radius 1 is 1.23 bits per heavy atom. The Hall–Kier alpha value is -2.62. The van der Waals surface area contributed by atoms with E-state index >= 15 is 0 Å². The zero-order chi connectivity index (χ0) is 22.1. The maximum absolute atomic E-state index is 14.2. The number of hydrogen-bond acceptors (Lipinski definition) is 5. The standard InChI is InChI=1S/C20H22F3N3O3S/c1-19(2,3)29-18(28)25-15(13-7-5-11-30-13)14(20(21,22)23)17(27)26-10-8-12-6-4-9-24-16(12)26/h4-7,9,11,14-15H,8,10H2,1-3H3,(H,25,28). The van der Waals surface area contributed by atoms with E-state index in [2.05, 4.69) is 10.3 Å². The molecule has 10 heteroatoms. The smallest absolute Gasteiger partial charge is 0.408 e. The third-order valence-corrected chi connectivity index (χ3v) is 5.42. The molecule has 0 spiro atoms. The second-order valence-corrected chi connectivity index (χ2v) is 8.86. The predicted octanol–water partition coefficient (Wildman–Crippen LogP) is 4.48. The minimum absolute atomic E-state index is 0.0986. The Balaban J connectivity index is 1.96. The maximum Gasteiger partial charge on any atom is 0.408 e. The number of carbonyl (C=O) groups is 2. The van der Waals surface area contributed by atoms with Gasteiger partial charge in [0.05, 0.1) is 6.04 Å². The van der Waals surface area contributed by atoms with Gasteiger partial charge in [0, 0.05) is 17.6 Å². The molecule has 162 valence electrons. The van der Waals surface area contributed by atoms with E-state index in [9.17, 15) is 22.8 Å². The lowest BCUT2D eigenvalue weighted by atomic mass is 9.95. The van der Waals surface area contributed by atoms with Gasteiger partial charge < -0.3 is 10.1 Å². The molecule has 0 fully saturated rings. The number of pyridine rings is 1. The number of fused-ring (bicyclic) bond motifs is 1. The molecule has 30 heavy (non-hydrogen) atoms. The van der Waals surface area contributed by atoms with E-state index in [1.165, 1.54) is 12.3 Å². The zero-order valence-electron chi connectivity index (χ0n) is 16.7. The van der Waals surface area contributed by atoms with E-state index in [1.807, 2.05) is 0 Å². The lowest BCUT2D eigenvalue weighted by molar-refractivity contribution is -0.187. The highest BCUT2D eigenvalue weighted by atomic mass is 32.1. The maximum atomic E-state index is 14.2. The summed E-state index contributed by atoms with van der Waals surface area (Å²) in [6.45, 7) is 4.91. The second kappa shape index (κ2) is 8.25. The van der Waals surface area contributed by atoms with Gasteiger partial charge in [0.2, 0.25) is 5.91 Å². The number of alkyl halides is 3. The molecule has 1 aliphatic heterocycles. The van der Waals surface area contributed by atoms with Crippen molar-refractivity contribution in [1.29, 1.82) is 0 Å². The van der Waals surface area contributed by atoms with Gasteiger partial charge in [-0.25, -0.2) is 9.78 Å². The Morgan fingerprint density at radius 2 is 1.97 bits per heavy atom. The molecule has 0 radical (unpaired) electrons. The van der Waals surface area contributed by atoms with Crippen LogP contribution in [0.25, 0.3) is 0 Å². The first kappa shape index (κ1) is 22.1. The lowest BCUT2D eigenvalue weighted by Gasteiger charge is -2.32.